The van der Waals surface area contributed by atoms with E-state index in [-0.39, 0.29) is 29.5 Å². The van der Waals surface area contributed by atoms with Gasteiger partial charge in [0.2, 0.25) is 5.91 Å². The van der Waals surface area contributed by atoms with Crippen LogP contribution in [0.25, 0.3) is 10.9 Å². The highest BCUT2D eigenvalue weighted by molar-refractivity contribution is 7.99. The Hall–Kier alpha value is -3.36. The number of carbonyl (C=O) groups excluding carboxylic acids is 2. The summed E-state index contributed by atoms with van der Waals surface area (Å²) in [6.07, 6.45) is 1.53. The van der Waals surface area contributed by atoms with E-state index in [1.807, 2.05) is 0 Å². The van der Waals surface area contributed by atoms with Crippen LogP contribution in [0.4, 0.5) is 5.69 Å². The Morgan fingerprint density at radius 1 is 1.16 bits per heavy atom. The summed E-state index contributed by atoms with van der Waals surface area (Å²) in [6, 6.07) is 15.2. The Morgan fingerprint density at radius 3 is 2.72 bits per heavy atom. The van der Waals surface area contributed by atoms with Crippen molar-refractivity contribution in [1.29, 1.82) is 0 Å². The molecule has 2 aromatic carbocycles. The Bertz CT molecular complexity index is 1370. The normalized spacial score (nSPS) is 10.9. The van der Waals surface area contributed by atoms with Gasteiger partial charge in [-0.05, 0) is 49.4 Å². The van der Waals surface area contributed by atoms with Gasteiger partial charge in [-0.1, -0.05) is 35.5 Å². The van der Waals surface area contributed by atoms with Crippen LogP contribution in [0, 0.1) is 0 Å². The number of aromatic nitrogens is 2. The van der Waals surface area contributed by atoms with Crippen LogP contribution >= 0.6 is 23.4 Å². The number of carbonyl (C=O) groups is 2. The van der Waals surface area contributed by atoms with E-state index in [4.69, 9.17) is 16.0 Å². The van der Waals surface area contributed by atoms with Gasteiger partial charge in [0.05, 0.1) is 35.2 Å². The van der Waals surface area contributed by atoms with E-state index < -0.39 is 0 Å². The van der Waals surface area contributed by atoms with Crippen molar-refractivity contribution in [2.75, 3.05) is 11.1 Å². The van der Waals surface area contributed by atoms with Gasteiger partial charge in [-0.2, -0.15) is 0 Å². The molecular weight excluding hydrogens is 450 g/mol. The van der Waals surface area contributed by atoms with Crippen molar-refractivity contribution in [3.05, 3.63) is 87.6 Å². The van der Waals surface area contributed by atoms with E-state index in [9.17, 15) is 14.4 Å². The Kier molecular flexibility index (Phi) is 6.43. The number of nitrogens with one attached hydrogen (secondary N) is 1. The average Bonchev–Trinajstić information content (AvgIpc) is 3.28. The lowest BCUT2D eigenvalue weighted by molar-refractivity contribution is -0.113. The Morgan fingerprint density at radius 2 is 1.97 bits per heavy atom. The molecule has 4 rings (SSSR count). The molecule has 1 amide bonds. The van der Waals surface area contributed by atoms with Gasteiger partial charge in [0.1, 0.15) is 5.76 Å². The predicted octanol–water partition coefficient (Wildman–Crippen LogP) is 4.62. The van der Waals surface area contributed by atoms with Crippen LogP contribution in [0.15, 0.2) is 75.2 Å². The summed E-state index contributed by atoms with van der Waals surface area (Å²) in [5, 5.41) is 3.99. The highest BCUT2D eigenvalue weighted by Crippen LogP contribution is 2.22. The van der Waals surface area contributed by atoms with Gasteiger partial charge in [0.15, 0.2) is 10.9 Å². The van der Waals surface area contributed by atoms with E-state index >= 15 is 0 Å². The highest BCUT2D eigenvalue weighted by Gasteiger charge is 2.16. The highest BCUT2D eigenvalue weighted by atomic mass is 35.5. The molecule has 2 heterocycles. The van der Waals surface area contributed by atoms with Crippen molar-refractivity contribution >= 4 is 51.6 Å². The minimum atomic E-state index is -0.325. The molecule has 32 heavy (non-hydrogen) atoms. The maximum Gasteiger partial charge on any atom is 0.262 e. The monoisotopic (exact) mass is 467 g/mol. The minimum absolute atomic E-state index is 0.0110. The molecule has 162 valence electrons. The van der Waals surface area contributed by atoms with Crippen LogP contribution in [-0.4, -0.2) is 27.0 Å². The molecule has 0 unspecified atom stereocenters. The third-order valence-electron chi connectivity index (χ3n) is 4.69. The molecule has 0 spiro atoms. The second kappa shape index (κ2) is 9.42. The van der Waals surface area contributed by atoms with Crippen LogP contribution in [0.1, 0.15) is 23.0 Å². The molecular formula is C23H18ClN3O4S. The molecule has 0 aliphatic heterocycles. The summed E-state index contributed by atoms with van der Waals surface area (Å²) in [7, 11) is 0. The Balaban J connectivity index is 1.62. The number of hydrogen-bond donors (Lipinski definition) is 1. The zero-order valence-corrected chi connectivity index (χ0v) is 18.6. The zero-order chi connectivity index (χ0) is 22.7. The largest absolute Gasteiger partial charge is 0.467 e. The van der Waals surface area contributed by atoms with Gasteiger partial charge >= 0.3 is 0 Å². The number of benzene rings is 2. The first-order chi connectivity index (χ1) is 15.4. The molecule has 0 fully saturated rings. The van der Waals surface area contributed by atoms with Gasteiger partial charge < -0.3 is 9.73 Å². The van der Waals surface area contributed by atoms with Gasteiger partial charge in [0.25, 0.3) is 5.56 Å². The number of fused-ring (bicyclic) bond motifs is 1. The standard InChI is InChI=1S/C23H18ClN3O4S/c1-14(28)17-6-2-3-7-19(17)25-21(29)13-32-23-26-20-11-15(24)8-9-18(20)22(30)27(23)12-16-5-4-10-31-16/h2-11H,12-13H2,1H3,(H,25,29). The second-order valence-electron chi connectivity index (χ2n) is 6.97. The summed E-state index contributed by atoms with van der Waals surface area (Å²) in [5.41, 5.74) is 1.06. The molecule has 1 N–H and O–H groups in total. The fourth-order valence-corrected chi connectivity index (χ4v) is 4.16. The minimum Gasteiger partial charge on any atom is -0.467 e. The first kappa shape index (κ1) is 21.9. The number of thioether (sulfide) groups is 1. The van der Waals surface area contributed by atoms with Crippen LogP contribution in [0.3, 0.4) is 0 Å². The molecule has 0 aliphatic rings. The van der Waals surface area contributed by atoms with Gasteiger partial charge in [-0.3, -0.25) is 19.0 Å². The topological polar surface area (TPSA) is 94.2 Å². The molecule has 4 aromatic rings. The second-order valence-corrected chi connectivity index (χ2v) is 8.34. The van der Waals surface area contributed by atoms with Crippen molar-refractivity contribution in [1.82, 2.24) is 9.55 Å². The van der Waals surface area contributed by atoms with Crippen molar-refractivity contribution in [3.63, 3.8) is 0 Å². The molecule has 7 nitrogen and oxygen atoms in total. The number of nitrogens with zero attached hydrogens (tertiary/aromatic N) is 2. The number of anilines is 1. The quantitative estimate of drug-likeness (QED) is 0.242. The van der Waals surface area contributed by atoms with Crippen molar-refractivity contribution < 1.29 is 14.0 Å². The summed E-state index contributed by atoms with van der Waals surface area (Å²) >= 11 is 7.19. The third kappa shape index (κ3) is 4.76. The number of furan rings is 1. The number of Topliss-reactive ketones (excluding diaryl/α,β-unsaturated/α-hetero) is 1. The average molecular weight is 468 g/mol. The maximum absolute atomic E-state index is 13.1. The van der Waals surface area contributed by atoms with E-state index in [0.29, 0.717) is 38.1 Å². The summed E-state index contributed by atoms with van der Waals surface area (Å²) in [6.45, 7) is 1.62. The fraction of sp³-hybridized carbons (Fsp3) is 0.130. The summed E-state index contributed by atoms with van der Waals surface area (Å²) in [4.78, 5) is 42.1. The van der Waals surface area contributed by atoms with Gasteiger partial charge in [-0.25, -0.2) is 4.98 Å². The first-order valence-electron chi connectivity index (χ1n) is 9.67. The van der Waals surface area contributed by atoms with E-state index in [2.05, 4.69) is 10.3 Å². The molecule has 2 aromatic heterocycles. The van der Waals surface area contributed by atoms with Crippen molar-refractivity contribution in [2.24, 2.45) is 0 Å². The number of hydrogen-bond acceptors (Lipinski definition) is 6. The maximum atomic E-state index is 13.1. The van der Waals surface area contributed by atoms with Crippen LogP contribution in [0.2, 0.25) is 5.02 Å². The molecule has 0 bridgehead atoms. The molecule has 9 heteroatoms. The number of para-hydroxylation sites is 1. The van der Waals surface area contributed by atoms with Crippen LogP contribution in [-0.2, 0) is 11.3 Å². The lowest BCUT2D eigenvalue weighted by Gasteiger charge is -2.13. The predicted molar refractivity (Wildman–Crippen MR) is 125 cm³/mol. The van der Waals surface area contributed by atoms with E-state index in [0.717, 1.165) is 11.8 Å². The van der Waals surface area contributed by atoms with E-state index in [1.165, 1.54) is 17.8 Å². The fourth-order valence-electron chi connectivity index (χ4n) is 3.20. The molecule has 0 saturated carbocycles. The Labute approximate surface area is 192 Å². The molecule has 0 aliphatic carbocycles. The first-order valence-corrected chi connectivity index (χ1v) is 11.0. The van der Waals surface area contributed by atoms with Crippen LogP contribution < -0.4 is 10.9 Å². The van der Waals surface area contributed by atoms with Crippen LogP contribution in [0.5, 0.6) is 0 Å². The van der Waals surface area contributed by atoms with Gasteiger partial charge in [0, 0.05) is 10.6 Å². The smallest absolute Gasteiger partial charge is 0.262 e. The van der Waals surface area contributed by atoms with Crippen molar-refractivity contribution in [3.8, 4) is 0 Å². The number of halogens is 1. The zero-order valence-electron chi connectivity index (χ0n) is 17.0. The summed E-state index contributed by atoms with van der Waals surface area (Å²) < 4.78 is 6.86. The lowest BCUT2D eigenvalue weighted by atomic mass is 10.1. The summed E-state index contributed by atoms with van der Waals surface area (Å²) in [5.74, 6) is 0.106. The lowest BCUT2D eigenvalue weighted by Crippen LogP contribution is -2.25. The number of ketones is 1. The third-order valence-corrected chi connectivity index (χ3v) is 5.90. The van der Waals surface area contributed by atoms with E-state index in [1.54, 1.807) is 54.6 Å². The SMILES string of the molecule is CC(=O)c1ccccc1NC(=O)CSc1nc2cc(Cl)ccc2c(=O)n1Cc1ccco1. The number of rotatable bonds is 7. The van der Waals surface area contributed by atoms with Gasteiger partial charge in [-0.15, -0.1) is 0 Å². The molecule has 0 saturated heterocycles. The molecule has 0 atom stereocenters. The van der Waals surface area contributed by atoms with Crippen molar-refractivity contribution in [2.45, 2.75) is 18.6 Å². The molecule has 0 radical (unpaired) electrons. The number of amides is 1.